The molecule has 14 heavy (non-hydrogen) atoms. The minimum Gasteiger partial charge on any atom is -0.480 e. The van der Waals surface area contributed by atoms with Crippen molar-refractivity contribution in [1.29, 1.82) is 0 Å². The smallest absolute Gasteiger partial charge is 0.374 e. The Hall–Kier alpha value is -1.08. The van der Waals surface area contributed by atoms with Crippen molar-refractivity contribution in [3.8, 4) is 0 Å². The van der Waals surface area contributed by atoms with E-state index in [0.717, 1.165) is 0 Å². The van der Waals surface area contributed by atoms with Gasteiger partial charge in [0, 0.05) is 6.42 Å². The normalized spacial score (nSPS) is 11.9. The van der Waals surface area contributed by atoms with Crippen LogP contribution in [0.5, 0.6) is 0 Å². The van der Waals surface area contributed by atoms with Gasteiger partial charge in [-0.15, -0.1) is 0 Å². The third-order valence-electron chi connectivity index (χ3n) is 1.61. The number of ether oxygens (including phenoxy) is 1. The number of nitrogens with one attached hydrogen (secondary N) is 1. The van der Waals surface area contributed by atoms with E-state index in [0.29, 0.717) is 0 Å². The summed E-state index contributed by atoms with van der Waals surface area (Å²) in [4.78, 5) is 21.3. The summed E-state index contributed by atoms with van der Waals surface area (Å²) in [6.07, 6.45) is 0.0973. The summed E-state index contributed by atoms with van der Waals surface area (Å²) in [5, 5.41) is 20.0. The van der Waals surface area contributed by atoms with Crippen LogP contribution in [0.15, 0.2) is 0 Å². The van der Waals surface area contributed by atoms with Gasteiger partial charge in [0.05, 0.1) is 13.2 Å². The average molecular weight is 203 g/mol. The first-order chi connectivity index (χ1) is 6.47. The van der Waals surface area contributed by atoms with Crippen LogP contribution in [-0.4, -0.2) is 42.3 Å². The topological polar surface area (TPSA) is 95.9 Å². The number of esters is 1. The van der Waals surface area contributed by atoms with Crippen LogP contribution in [0.4, 0.5) is 0 Å². The van der Waals surface area contributed by atoms with Crippen molar-refractivity contribution in [2.45, 2.75) is 25.7 Å². The van der Waals surface area contributed by atoms with Gasteiger partial charge in [-0.1, -0.05) is 0 Å². The first-order valence-corrected chi connectivity index (χ1v) is 4.21. The van der Waals surface area contributed by atoms with Gasteiger partial charge in [0.25, 0.3) is 0 Å². The Morgan fingerprint density at radius 3 is 2.50 bits per heavy atom. The van der Waals surface area contributed by atoms with E-state index in [-0.39, 0.29) is 12.8 Å². The van der Waals surface area contributed by atoms with Crippen LogP contribution in [0.25, 0.3) is 0 Å². The van der Waals surface area contributed by atoms with Crippen LogP contribution < -0.4 is 5.23 Å². The van der Waals surface area contributed by atoms with E-state index < -0.39 is 25.0 Å². The summed E-state index contributed by atoms with van der Waals surface area (Å²) < 4.78 is 4.36. The summed E-state index contributed by atoms with van der Waals surface area (Å²) >= 11 is 0. The highest BCUT2D eigenvalue weighted by Gasteiger charge is 2.21. The Morgan fingerprint density at radius 1 is 1.57 bits per heavy atom. The van der Waals surface area contributed by atoms with E-state index in [9.17, 15) is 9.59 Å². The van der Waals surface area contributed by atoms with Gasteiger partial charge in [0.15, 0.2) is 0 Å². The van der Waals surface area contributed by atoms with Crippen molar-refractivity contribution in [3.05, 3.63) is 0 Å². The van der Waals surface area contributed by atoms with Crippen LogP contribution >= 0.6 is 0 Å². The number of carbonyl (C=O) groups is 2. The molecule has 0 fully saturated rings. The molecule has 0 aromatic carbocycles. The predicted molar refractivity (Wildman–Crippen MR) is 49.6 cm³/mol. The standard InChI is InChI=1S/C7H14BNO5/c1-8(13)9-5(7(11)12)3-4-6(10)14-2/h5,9,13H,3-4H2,1-2H3,(H,11,12). The van der Waals surface area contributed by atoms with E-state index in [4.69, 9.17) is 10.1 Å². The lowest BCUT2D eigenvalue weighted by Gasteiger charge is -2.13. The average Bonchev–Trinajstić information content (AvgIpc) is 2.10. The van der Waals surface area contributed by atoms with E-state index in [1.165, 1.54) is 13.9 Å². The molecule has 6 nitrogen and oxygen atoms in total. The van der Waals surface area contributed by atoms with Gasteiger partial charge >= 0.3 is 19.0 Å². The second-order valence-corrected chi connectivity index (χ2v) is 2.85. The summed E-state index contributed by atoms with van der Waals surface area (Å²) in [6, 6.07) is -0.936. The largest absolute Gasteiger partial charge is 0.480 e. The molecule has 0 rings (SSSR count). The molecule has 0 aliphatic carbocycles. The fraction of sp³-hybridized carbons (Fsp3) is 0.714. The molecule has 1 unspecified atom stereocenters. The van der Waals surface area contributed by atoms with Gasteiger partial charge in [-0.3, -0.25) is 9.59 Å². The Morgan fingerprint density at radius 2 is 2.14 bits per heavy atom. The summed E-state index contributed by atoms with van der Waals surface area (Å²) in [5.74, 6) is -1.57. The molecule has 0 bridgehead atoms. The predicted octanol–water partition coefficient (Wildman–Crippen LogP) is -0.907. The molecule has 0 aliphatic rings. The molecule has 0 aromatic heterocycles. The van der Waals surface area contributed by atoms with Crippen molar-refractivity contribution in [3.63, 3.8) is 0 Å². The van der Waals surface area contributed by atoms with Crippen molar-refractivity contribution in [2.75, 3.05) is 7.11 Å². The number of methoxy groups -OCH3 is 1. The number of carbonyl (C=O) groups excluding carboxylic acids is 1. The number of carboxylic acids is 1. The maximum atomic E-state index is 10.7. The van der Waals surface area contributed by atoms with Crippen molar-refractivity contribution >= 4 is 19.0 Å². The zero-order chi connectivity index (χ0) is 11.1. The van der Waals surface area contributed by atoms with E-state index in [2.05, 4.69) is 9.96 Å². The monoisotopic (exact) mass is 203 g/mol. The Kier molecular flexibility index (Phi) is 5.90. The van der Waals surface area contributed by atoms with E-state index >= 15 is 0 Å². The van der Waals surface area contributed by atoms with Crippen LogP contribution in [0.1, 0.15) is 12.8 Å². The van der Waals surface area contributed by atoms with Gasteiger partial charge in [-0.05, 0) is 13.2 Å². The van der Waals surface area contributed by atoms with Crippen molar-refractivity contribution in [1.82, 2.24) is 5.23 Å². The third-order valence-corrected chi connectivity index (χ3v) is 1.61. The molecular weight excluding hydrogens is 189 g/mol. The van der Waals surface area contributed by atoms with Gasteiger partial charge in [0.2, 0.25) is 0 Å². The van der Waals surface area contributed by atoms with Gasteiger partial charge < -0.3 is 20.1 Å². The molecule has 3 N–H and O–H groups in total. The Balaban J connectivity index is 3.97. The van der Waals surface area contributed by atoms with Gasteiger partial charge in [-0.2, -0.15) is 0 Å². The molecular formula is C7H14BNO5. The van der Waals surface area contributed by atoms with Crippen LogP contribution in [0, 0.1) is 0 Å². The molecule has 0 aromatic rings. The number of carboxylic acid groups (broad SMARTS) is 1. The molecule has 0 saturated carbocycles. The zero-order valence-electron chi connectivity index (χ0n) is 8.19. The number of rotatable bonds is 6. The summed E-state index contributed by atoms with van der Waals surface area (Å²) in [7, 11) is 0.314. The first kappa shape index (κ1) is 12.9. The summed E-state index contributed by atoms with van der Waals surface area (Å²) in [6.45, 7) is 1.41. The number of hydrogen-bond donors (Lipinski definition) is 3. The molecule has 0 aliphatic heterocycles. The molecule has 0 radical (unpaired) electrons. The maximum Gasteiger partial charge on any atom is 0.374 e. The summed E-state index contributed by atoms with van der Waals surface area (Å²) in [5.41, 5.74) is 0. The molecule has 1 atom stereocenters. The van der Waals surface area contributed by atoms with Gasteiger partial charge in [-0.25, -0.2) is 0 Å². The molecule has 80 valence electrons. The van der Waals surface area contributed by atoms with Crippen molar-refractivity contribution < 1.29 is 24.5 Å². The lowest BCUT2D eigenvalue weighted by Crippen LogP contribution is -2.45. The number of aliphatic carboxylic acids is 1. The lowest BCUT2D eigenvalue weighted by atomic mass is 9.86. The minimum atomic E-state index is -1.10. The molecule has 0 saturated heterocycles. The second kappa shape index (κ2) is 6.39. The second-order valence-electron chi connectivity index (χ2n) is 2.85. The fourth-order valence-electron chi connectivity index (χ4n) is 0.934. The SMILES string of the molecule is COC(=O)CCC(NB(C)O)C(=O)O. The highest BCUT2D eigenvalue weighted by Crippen LogP contribution is 1.99. The highest BCUT2D eigenvalue weighted by atomic mass is 16.5. The van der Waals surface area contributed by atoms with Crippen molar-refractivity contribution in [2.24, 2.45) is 0 Å². The number of hydrogen-bond acceptors (Lipinski definition) is 5. The highest BCUT2D eigenvalue weighted by molar-refractivity contribution is 6.46. The van der Waals surface area contributed by atoms with E-state index in [1.807, 2.05) is 0 Å². The van der Waals surface area contributed by atoms with Crippen LogP contribution in [-0.2, 0) is 14.3 Å². The minimum absolute atomic E-state index is 0.00713. The first-order valence-electron chi connectivity index (χ1n) is 4.21. The maximum absolute atomic E-state index is 10.7. The molecule has 0 spiro atoms. The Bertz CT molecular complexity index is 208. The fourth-order valence-corrected chi connectivity index (χ4v) is 0.934. The molecule has 0 amide bonds. The third kappa shape index (κ3) is 5.55. The van der Waals surface area contributed by atoms with Crippen LogP contribution in [0.2, 0.25) is 6.82 Å². The quantitative estimate of drug-likeness (QED) is 0.382. The Labute approximate surface area is 82.4 Å². The molecule has 0 heterocycles. The van der Waals surface area contributed by atoms with E-state index in [1.54, 1.807) is 0 Å². The lowest BCUT2D eigenvalue weighted by molar-refractivity contribution is -0.142. The van der Waals surface area contributed by atoms with Crippen LogP contribution in [0.3, 0.4) is 0 Å². The molecule has 7 heteroatoms. The van der Waals surface area contributed by atoms with Gasteiger partial charge in [0.1, 0.15) is 0 Å². The zero-order valence-corrected chi connectivity index (χ0v) is 8.19.